The average Bonchev–Trinajstić information content (AvgIpc) is 2.92. The summed E-state index contributed by atoms with van der Waals surface area (Å²) in [5, 5.41) is 11.4. The van der Waals surface area contributed by atoms with Crippen LogP contribution < -0.4 is 5.32 Å². The Balaban J connectivity index is 2.14. The molecular weight excluding hydrogens is 242 g/mol. The maximum atomic E-state index is 11.8. The molecule has 1 amide bonds. The Kier molecular flexibility index (Phi) is 4.01. The molecular formula is C15H13NO3. The van der Waals surface area contributed by atoms with Gasteiger partial charge in [-0.15, -0.1) is 0 Å². The van der Waals surface area contributed by atoms with Crippen LogP contribution in [-0.2, 0) is 0 Å². The van der Waals surface area contributed by atoms with Crippen LogP contribution in [0.3, 0.4) is 0 Å². The van der Waals surface area contributed by atoms with Crippen molar-refractivity contribution in [3.63, 3.8) is 0 Å². The van der Waals surface area contributed by atoms with Crippen LogP contribution >= 0.6 is 0 Å². The molecule has 0 saturated carbocycles. The first-order valence-electron chi connectivity index (χ1n) is 5.74. The third-order valence-corrected chi connectivity index (χ3v) is 2.57. The molecule has 0 saturated heterocycles. The Bertz CT molecular complexity index is 633. The SMILES string of the molecule is Cc1cc(NC(=O)c2ccoc2)ccc1C#CCO. The molecule has 2 N–H and O–H groups in total. The first kappa shape index (κ1) is 12.9. The fraction of sp³-hybridized carbons (Fsp3) is 0.133. The van der Waals surface area contributed by atoms with Gasteiger partial charge in [0.15, 0.2) is 0 Å². The third kappa shape index (κ3) is 3.24. The predicted molar refractivity (Wildman–Crippen MR) is 71.8 cm³/mol. The zero-order chi connectivity index (χ0) is 13.7. The van der Waals surface area contributed by atoms with Gasteiger partial charge in [0.1, 0.15) is 12.9 Å². The standard InChI is InChI=1S/C15H13NO3/c1-11-9-14(5-4-12(11)3-2-7-17)16-15(18)13-6-8-19-10-13/h4-6,8-10,17H,7H2,1H3,(H,16,18). The second-order valence-electron chi connectivity index (χ2n) is 3.96. The summed E-state index contributed by atoms with van der Waals surface area (Å²) in [7, 11) is 0. The van der Waals surface area contributed by atoms with Crippen molar-refractivity contribution >= 4 is 11.6 Å². The molecule has 2 rings (SSSR count). The fourth-order valence-corrected chi connectivity index (χ4v) is 1.61. The maximum Gasteiger partial charge on any atom is 0.258 e. The second kappa shape index (κ2) is 5.89. The summed E-state index contributed by atoms with van der Waals surface area (Å²) >= 11 is 0. The molecule has 1 aromatic heterocycles. The lowest BCUT2D eigenvalue weighted by Gasteiger charge is -2.06. The van der Waals surface area contributed by atoms with Gasteiger partial charge in [-0.2, -0.15) is 0 Å². The van der Waals surface area contributed by atoms with Crippen molar-refractivity contribution in [2.75, 3.05) is 11.9 Å². The predicted octanol–water partition coefficient (Wildman–Crippen LogP) is 2.18. The van der Waals surface area contributed by atoms with Crippen LogP contribution in [0.5, 0.6) is 0 Å². The zero-order valence-electron chi connectivity index (χ0n) is 10.4. The van der Waals surface area contributed by atoms with Crippen molar-refractivity contribution in [3.05, 3.63) is 53.5 Å². The van der Waals surface area contributed by atoms with E-state index in [0.717, 1.165) is 11.1 Å². The molecule has 0 aliphatic carbocycles. The minimum absolute atomic E-state index is 0.168. The van der Waals surface area contributed by atoms with Gasteiger partial charge in [-0.25, -0.2) is 0 Å². The molecule has 0 radical (unpaired) electrons. The summed E-state index contributed by atoms with van der Waals surface area (Å²) in [6, 6.07) is 7.01. The van der Waals surface area contributed by atoms with Crippen molar-refractivity contribution in [2.45, 2.75) is 6.92 Å². The zero-order valence-corrected chi connectivity index (χ0v) is 10.4. The molecule has 19 heavy (non-hydrogen) atoms. The number of benzene rings is 1. The van der Waals surface area contributed by atoms with Crippen LogP contribution in [0.4, 0.5) is 5.69 Å². The first-order valence-corrected chi connectivity index (χ1v) is 5.74. The number of amides is 1. The van der Waals surface area contributed by atoms with Crippen molar-refractivity contribution in [1.82, 2.24) is 0 Å². The minimum Gasteiger partial charge on any atom is -0.472 e. The molecule has 0 fully saturated rings. The number of hydrogen-bond acceptors (Lipinski definition) is 3. The van der Waals surface area contributed by atoms with Gasteiger partial charge in [-0.1, -0.05) is 11.8 Å². The number of carbonyl (C=O) groups excluding carboxylic acids is 1. The molecule has 0 aliphatic rings. The van der Waals surface area contributed by atoms with Gasteiger partial charge in [0.2, 0.25) is 0 Å². The van der Waals surface area contributed by atoms with Crippen LogP contribution in [0.25, 0.3) is 0 Å². The number of aryl methyl sites for hydroxylation is 1. The second-order valence-corrected chi connectivity index (χ2v) is 3.96. The highest BCUT2D eigenvalue weighted by molar-refractivity contribution is 6.04. The Hall–Kier alpha value is -2.51. The highest BCUT2D eigenvalue weighted by atomic mass is 16.3. The Morgan fingerprint density at radius 1 is 1.42 bits per heavy atom. The van der Waals surface area contributed by atoms with Crippen LogP contribution in [0, 0.1) is 18.8 Å². The normalized spacial score (nSPS) is 9.58. The Labute approximate surface area is 111 Å². The largest absolute Gasteiger partial charge is 0.472 e. The number of nitrogens with one attached hydrogen (secondary N) is 1. The van der Waals surface area contributed by atoms with Crippen molar-refractivity contribution < 1.29 is 14.3 Å². The number of rotatable bonds is 2. The van der Waals surface area contributed by atoms with Crippen LogP contribution in [0.2, 0.25) is 0 Å². The summed E-state index contributed by atoms with van der Waals surface area (Å²) in [4.78, 5) is 11.8. The van der Waals surface area contributed by atoms with Crippen molar-refractivity contribution in [2.24, 2.45) is 0 Å². The van der Waals surface area contributed by atoms with E-state index in [1.54, 1.807) is 12.1 Å². The molecule has 4 nitrogen and oxygen atoms in total. The highest BCUT2D eigenvalue weighted by Crippen LogP contribution is 2.15. The maximum absolute atomic E-state index is 11.8. The van der Waals surface area contributed by atoms with Crippen LogP contribution in [-0.4, -0.2) is 17.6 Å². The van der Waals surface area contributed by atoms with Crippen LogP contribution in [0.1, 0.15) is 21.5 Å². The third-order valence-electron chi connectivity index (χ3n) is 2.57. The van der Waals surface area contributed by atoms with E-state index in [0.29, 0.717) is 11.3 Å². The molecule has 0 aliphatic heterocycles. The lowest BCUT2D eigenvalue weighted by Crippen LogP contribution is -2.10. The topological polar surface area (TPSA) is 62.5 Å². The van der Waals surface area contributed by atoms with E-state index in [9.17, 15) is 4.79 Å². The number of anilines is 1. The molecule has 1 heterocycles. The van der Waals surface area contributed by atoms with E-state index < -0.39 is 0 Å². The molecule has 1 aromatic carbocycles. The van der Waals surface area contributed by atoms with Gasteiger partial charge < -0.3 is 14.8 Å². The first-order chi connectivity index (χ1) is 9.20. The summed E-state index contributed by atoms with van der Waals surface area (Å²) < 4.78 is 4.86. The average molecular weight is 255 g/mol. The number of hydrogen-bond donors (Lipinski definition) is 2. The molecule has 0 atom stereocenters. The van der Waals surface area contributed by atoms with E-state index in [1.165, 1.54) is 12.5 Å². The van der Waals surface area contributed by atoms with Gasteiger partial charge >= 0.3 is 0 Å². The molecule has 0 unspecified atom stereocenters. The number of furan rings is 1. The number of aliphatic hydroxyl groups is 1. The summed E-state index contributed by atoms with van der Waals surface area (Å²) in [6.07, 6.45) is 2.84. The van der Waals surface area contributed by atoms with E-state index >= 15 is 0 Å². The molecule has 4 heteroatoms. The Morgan fingerprint density at radius 3 is 2.89 bits per heavy atom. The van der Waals surface area contributed by atoms with Crippen LogP contribution in [0.15, 0.2) is 41.2 Å². The lowest BCUT2D eigenvalue weighted by molar-refractivity contribution is 0.102. The van der Waals surface area contributed by atoms with Gasteiger partial charge in [-0.05, 0) is 36.8 Å². The summed E-state index contributed by atoms with van der Waals surface area (Å²) in [5.74, 6) is 5.22. The summed E-state index contributed by atoms with van der Waals surface area (Å²) in [6.45, 7) is 1.73. The van der Waals surface area contributed by atoms with Gasteiger partial charge in [0, 0.05) is 11.3 Å². The monoisotopic (exact) mass is 255 g/mol. The quantitative estimate of drug-likeness (QED) is 0.808. The molecule has 96 valence electrons. The van der Waals surface area contributed by atoms with Gasteiger partial charge in [-0.3, -0.25) is 4.79 Å². The van der Waals surface area contributed by atoms with E-state index in [2.05, 4.69) is 17.2 Å². The highest BCUT2D eigenvalue weighted by Gasteiger charge is 2.07. The minimum atomic E-state index is -0.220. The summed E-state index contributed by atoms with van der Waals surface area (Å²) in [5.41, 5.74) is 2.93. The number of carbonyl (C=O) groups is 1. The fourth-order valence-electron chi connectivity index (χ4n) is 1.61. The van der Waals surface area contributed by atoms with E-state index in [1.807, 2.05) is 19.1 Å². The molecule has 0 spiro atoms. The van der Waals surface area contributed by atoms with Gasteiger partial charge in [0.05, 0.1) is 11.8 Å². The Morgan fingerprint density at radius 2 is 2.26 bits per heavy atom. The van der Waals surface area contributed by atoms with Gasteiger partial charge in [0.25, 0.3) is 5.91 Å². The number of aliphatic hydroxyl groups excluding tert-OH is 1. The smallest absolute Gasteiger partial charge is 0.258 e. The lowest BCUT2D eigenvalue weighted by atomic mass is 10.1. The van der Waals surface area contributed by atoms with E-state index in [4.69, 9.17) is 9.52 Å². The van der Waals surface area contributed by atoms with Crippen molar-refractivity contribution in [3.8, 4) is 11.8 Å². The molecule has 2 aromatic rings. The molecule has 0 bridgehead atoms. The van der Waals surface area contributed by atoms with E-state index in [-0.39, 0.29) is 12.5 Å². The van der Waals surface area contributed by atoms with Crippen molar-refractivity contribution in [1.29, 1.82) is 0 Å².